The molecule has 2 unspecified atom stereocenters. The van der Waals surface area contributed by atoms with Crippen molar-refractivity contribution in [2.24, 2.45) is 10.7 Å². The fourth-order valence-electron chi connectivity index (χ4n) is 3.52. The molecule has 0 aromatic heterocycles. The van der Waals surface area contributed by atoms with Crippen molar-refractivity contribution >= 4 is 23.6 Å². The molecule has 0 bridgehead atoms. The van der Waals surface area contributed by atoms with Crippen LogP contribution in [0.15, 0.2) is 47.6 Å². The molecule has 0 radical (unpaired) electrons. The summed E-state index contributed by atoms with van der Waals surface area (Å²) in [6.07, 6.45) is -10.0. The molecule has 0 aliphatic heterocycles. The molecule has 2 atom stereocenters. The Kier molecular flexibility index (Phi) is 9.22. The highest BCUT2D eigenvalue weighted by atomic mass is 19.4. The summed E-state index contributed by atoms with van der Waals surface area (Å²) in [6, 6.07) is 4.47. The molecule has 0 spiro atoms. The average molecular weight is 563 g/mol. The Morgan fingerprint density at radius 1 is 1.13 bits per heavy atom. The number of alkyl halides is 6. The molecule has 2 aromatic rings. The van der Waals surface area contributed by atoms with E-state index in [1.807, 2.05) is 0 Å². The van der Waals surface area contributed by atoms with Crippen LogP contribution in [0.5, 0.6) is 5.75 Å². The quantitative estimate of drug-likeness (QED) is 0.255. The highest BCUT2D eigenvalue weighted by Crippen LogP contribution is 2.44. The van der Waals surface area contributed by atoms with Gasteiger partial charge in [-0.05, 0) is 49.2 Å². The first kappa shape index (κ1) is 29.9. The number of hydrogen-bond acceptors (Lipinski definition) is 6. The Morgan fingerprint density at radius 2 is 1.79 bits per heavy atom. The van der Waals surface area contributed by atoms with E-state index in [2.05, 4.69) is 4.99 Å². The highest BCUT2D eigenvalue weighted by molar-refractivity contribution is 6.11. The Balaban J connectivity index is 1.98. The maximum absolute atomic E-state index is 13.9. The lowest BCUT2D eigenvalue weighted by Crippen LogP contribution is -2.39. The van der Waals surface area contributed by atoms with Gasteiger partial charge in [-0.3, -0.25) is 9.89 Å². The van der Waals surface area contributed by atoms with E-state index < -0.39 is 58.4 Å². The number of allylic oxidation sites excluding steroid dienone is 1. The number of halogens is 7. The SMILES string of the molecule is CN(C(=O)Oc1c(/C(C=NCCOC2CCC2O)=C/N)cc(C(F)(F)F)cc1C(F)(F)F)c1ccc(F)cc1. The molecular formula is C25H24F7N3O4. The molecule has 39 heavy (non-hydrogen) atoms. The molecule has 7 nitrogen and oxygen atoms in total. The highest BCUT2D eigenvalue weighted by Gasteiger charge is 2.41. The predicted molar refractivity (Wildman–Crippen MR) is 128 cm³/mol. The van der Waals surface area contributed by atoms with Crippen LogP contribution in [0.25, 0.3) is 5.57 Å². The molecule has 1 aliphatic carbocycles. The van der Waals surface area contributed by atoms with Crippen molar-refractivity contribution in [3.8, 4) is 5.75 Å². The Labute approximate surface area is 218 Å². The zero-order chi connectivity index (χ0) is 29.0. The fourth-order valence-corrected chi connectivity index (χ4v) is 3.52. The zero-order valence-corrected chi connectivity index (χ0v) is 20.4. The topological polar surface area (TPSA) is 97.4 Å². The molecular weight excluding hydrogens is 539 g/mol. The van der Waals surface area contributed by atoms with Crippen molar-refractivity contribution in [1.29, 1.82) is 0 Å². The van der Waals surface area contributed by atoms with Crippen LogP contribution in [0, 0.1) is 5.82 Å². The number of nitrogens with zero attached hydrogens (tertiary/aromatic N) is 2. The van der Waals surface area contributed by atoms with Crippen LogP contribution in [0.3, 0.4) is 0 Å². The van der Waals surface area contributed by atoms with Crippen molar-refractivity contribution in [3.63, 3.8) is 0 Å². The third-order valence-corrected chi connectivity index (χ3v) is 5.85. The monoisotopic (exact) mass is 563 g/mol. The average Bonchev–Trinajstić information content (AvgIpc) is 2.86. The molecule has 2 aromatic carbocycles. The first-order chi connectivity index (χ1) is 18.2. The number of nitrogens with two attached hydrogens (primary N) is 1. The lowest BCUT2D eigenvalue weighted by atomic mass is 9.92. The van der Waals surface area contributed by atoms with E-state index in [9.17, 15) is 40.6 Å². The van der Waals surface area contributed by atoms with Gasteiger partial charge in [-0.15, -0.1) is 0 Å². The minimum atomic E-state index is -5.37. The van der Waals surface area contributed by atoms with E-state index in [1.54, 1.807) is 0 Å². The number of hydrogen-bond donors (Lipinski definition) is 2. The molecule has 0 saturated heterocycles. The van der Waals surface area contributed by atoms with Gasteiger partial charge in [-0.25, -0.2) is 9.18 Å². The van der Waals surface area contributed by atoms with Gasteiger partial charge in [0.15, 0.2) is 5.75 Å². The van der Waals surface area contributed by atoms with Crippen LogP contribution in [0.1, 0.15) is 29.5 Å². The van der Waals surface area contributed by atoms with Crippen LogP contribution < -0.4 is 15.4 Å². The lowest BCUT2D eigenvalue weighted by Gasteiger charge is -2.31. The van der Waals surface area contributed by atoms with Gasteiger partial charge in [0, 0.05) is 36.3 Å². The Morgan fingerprint density at radius 3 is 2.31 bits per heavy atom. The van der Waals surface area contributed by atoms with Gasteiger partial charge < -0.3 is 20.3 Å². The number of carbonyl (C=O) groups is 1. The van der Waals surface area contributed by atoms with E-state index in [0.29, 0.717) is 18.9 Å². The standard InChI is InChI=1S/C25H24F7N3O4/c1-35(17-4-2-16(26)3-5-17)23(37)39-22-18(10-15(24(27,28)29)11-19(22)25(30,31)32)14(12-33)13-34-8-9-38-21-7-6-20(21)36/h2-5,10-13,20-21,36H,6-9,33H2,1H3/b14-12+,34-13?. The number of rotatable bonds is 8. The van der Waals surface area contributed by atoms with E-state index >= 15 is 0 Å². The summed E-state index contributed by atoms with van der Waals surface area (Å²) in [5.74, 6) is -1.87. The van der Waals surface area contributed by atoms with Gasteiger partial charge in [0.1, 0.15) is 5.82 Å². The van der Waals surface area contributed by atoms with Crippen molar-refractivity contribution in [3.05, 3.63) is 65.1 Å². The fraction of sp³-hybridized carbons (Fsp3) is 0.360. The molecule has 212 valence electrons. The molecule has 3 N–H and O–H groups in total. The smallest absolute Gasteiger partial charge is 0.409 e. The van der Waals surface area contributed by atoms with Crippen LogP contribution >= 0.6 is 0 Å². The molecule has 1 aliphatic rings. The van der Waals surface area contributed by atoms with Crippen molar-refractivity contribution < 1.29 is 50.1 Å². The summed E-state index contributed by atoms with van der Waals surface area (Å²) in [7, 11) is 1.12. The van der Waals surface area contributed by atoms with Crippen molar-refractivity contribution in [2.75, 3.05) is 25.1 Å². The maximum Gasteiger partial charge on any atom is 0.420 e. The molecule has 3 rings (SSSR count). The van der Waals surface area contributed by atoms with Gasteiger partial charge >= 0.3 is 18.4 Å². The summed E-state index contributed by atoms with van der Waals surface area (Å²) < 4.78 is 106. The normalized spacial score (nSPS) is 18.2. The Hall–Kier alpha value is -3.65. The summed E-state index contributed by atoms with van der Waals surface area (Å²) in [6.45, 7) is -0.0230. The molecule has 0 heterocycles. The van der Waals surface area contributed by atoms with Gasteiger partial charge in [0.2, 0.25) is 0 Å². The predicted octanol–water partition coefficient (Wildman–Crippen LogP) is 5.41. The van der Waals surface area contributed by atoms with Gasteiger partial charge in [0.25, 0.3) is 0 Å². The van der Waals surface area contributed by atoms with E-state index in [4.69, 9.17) is 15.2 Å². The number of aliphatic hydroxyl groups is 1. The minimum absolute atomic E-state index is 0.0246. The number of aliphatic imine (C=N–C) groups is 1. The second kappa shape index (κ2) is 12.0. The lowest BCUT2D eigenvalue weighted by molar-refractivity contribution is -0.143. The summed E-state index contributed by atoms with van der Waals surface area (Å²) in [5, 5.41) is 9.51. The summed E-state index contributed by atoms with van der Waals surface area (Å²) >= 11 is 0. The van der Waals surface area contributed by atoms with Gasteiger partial charge in [0.05, 0.1) is 36.5 Å². The summed E-state index contributed by atoms with van der Waals surface area (Å²) in [5.41, 5.74) is 0.846. The van der Waals surface area contributed by atoms with E-state index in [0.717, 1.165) is 48.6 Å². The molecule has 1 fully saturated rings. The third kappa shape index (κ3) is 7.47. The Bertz CT molecular complexity index is 1230. The summed E-state index contributed by atoms with van der Waals surface area (Å²) in [4.78, 5) is 17.4. The van der Waals surface area contributed by atoms with Crippen LogP contribution in [-0.4, -0.2) is 49.8 Å². The van der Waals surface area contributed by atoms with Crippen LogP contribution in [0.4, 0.5) is 41.2 Å². The first-order valence-electron chi connectivity index (χ1n) is 11.5. The number of anilines is 1. The number of aliphatic hydroxyl groups excluding tert-OH is 1. The second-order valence-electron chi connectivity index (χ2n) is 8.51. The molecule has 14 heteroatoms. The van der Waals surface area contributed by atoms with Crippen molar-refractivity contribution in [2.45, 2.75) is 37.4 Å². The number of ether oxygens (including phenoxy) is 2. The van der Waals surface area contributed by atoms with Gasteiger partial charge in [-0.2, -0.15) is 26.3 Å². The van der Waals surface area contributed by atoms with Crippen LogP contribution in [0.2, 0.25) is 0 Å². The van der Waals surface area contributed by atoms with Crippen molar-refractivity contribution in [1.82, 2.24) is 0 Å². The number of carbonyl (C=O) groups excluding carboxylic acids is 1. The minimum Gasteiger partial charge on any atom is -0.409 e. The zero-order valence-electron chi connectivity index (χ0n) is 20.4. The second-order valence-corrected chi connectivity index (χ2v) is 8.51. The van der Waals surface area contributed by atoms with E-state index in [-0.39, 0.29) is 31.0 Å². The third-order valence-electron chi connectivity index (χ3n) is 5.85. The number of amides is 1. The number of benzene rings is 2. The molecule has 1 saturated carbocycles. The first-order valence-corrected chi connectivity index (χ1v) is 11.5. The van der Waals surface area contributed by atoms with Crippen LogP contribution in [-0.2, 0) is 17.1 Å². The maximum atomic E-state index is 13.9. The van der Waals surface area contributed by atoms with Gasteiger partial charge in [-0.1, -0.05) is 0 Å². The largest absolute Gasteiger partial charge is 0.420 e. The molecule has 1 amide bonds. The van der Waals surface area contributed by atoms with E-state index in [1.165, 1.54) is 0 Å².